The van der Waals surface area contributed by atoms with Crippen molar-refractivity contribution in [2.24, 2.45) is 5.73 Å². The van der Waals surface area contributed by atoms with Crippen molar-refractivity contribution in [2.45, 2.75) is 5.54 Å². The van der Waals surface area contributed by atoms with Gasteiger partial charge in [-0.3, -0.25) is 0 Å². The van der Waals surface area contributed by atoms with Crippen LogP contribution in [0.15, 0.2) is 30.5 Å². The van der Waals surface area contributed by atoms with Crippen LogP contribution in [0, 0.1) is 0 Å². The molecule has 0 spiro atoms. The molecule has 2 aromatic rings. The van der Waals surface area contributed by atoms with E-state index in [1.54, 1.807) is 0 Å². The van der Waals surface area contributed by atoms with Crippen LogP contribution in [0.1, 0.15) is 5.56 Å². The average Bonchev–Trinajstić information content (AvgIpc) is 2.60. The Morgan fingerprint density at radius 1 is 1.29 bits per heavy atom. The summed E-state index contributed by atoms with van der Waals surface area (Å²) >= 11 is 0. The van der Waals surface area contributed by atoms with Crippen molar-refractivity contribution < 1.29 is 4.74 Å². The third kappa shape index (κ3) is 0.997. The van der Waals surface area contributed by atoms with Crippen molar-refractivity contribution in [3.63, 3.8) is 0 Å². The third-order valence-corrected chi connectivity index (χ3v) is 2.85. The summed E-state index contributed by atoms with van der Waals surface area (Å²) in [5, 5.41) is 1.22. The van der Waals surface area contributed by atoms with Crippen LogP contribution < -0.4 is 5.73 Å². The first-order valence-corrected chi connectivity index (χ1v) is 4.72. The Balaban J connectivity index is 2.13. The smallest absolute Gasteiger partial charge is 0.0884 e. The number of ether oxygens (including phenoxy) is 1. The zero-order valence-electron chi connectivity index (χ0n) is 7.79. The molecule has 0 aliphatic carbocycles. The number of nitrogens with two attached hydrogens (primary N) is 1. The predicted octanol–water partition coefficient (Wildman–Crippen LogP) is 1.35. The van der Waals surface area contributed by atoms with E-state index in [0.717, 1.165) is 11.1 Å². The topological polar surface area (TPSA) is 51.0 Å². The predicted molar refractivity (Wildman–Crippen MR) is 55.0 cm³/mol. The van der Waals surface area contributed by atoms with Gasteiger partial charge in [-0.2, -0.15) is 0 Å². The number of aromatic nitrogens is 1. The first-order chi connectivity index (χ1) is 6.78. The lowest BCUT2D eigenvalue weighted by Gasteiger charge is -2.38. The molecule has 3 heteroatoms. The lowest BCUT2D eigenvalue weighted by atomic mass is 9.89. The van der Waals surface area contributed by atoms with Gasteiger partial charge < -0.3 is 15.5 Å². The van der Waals surface area contributed by atoms with E-state index >= 15 is 0 Å². The van der Waals surface area contributed by atoms with E-state index in [-0.39, 0.29) is 5.54 Å². The van der Waals surface area contributed by atoms with Crippen LogP contribution in [0.4, 0.5) is 0 Å². The number of H-pyrrole nitrogens is 1. The standard InChI is InChI=1S/C11H12N2O/c12-11(6-14-7-11)9-2-1-8-3-4-13-10(8)5-9/h1-5,13H,6-7,12H2. The highest BCUT2D eigenvalue weighted by molar-refractivity contribution is 5.80. The molecule has 3 rings (SSSR count). The second-order valence-corrected chi connectivity index (χ2v) is 3.93. The maximum absolute atomic E-state index is 6.15. The van der Waals surface area contributed by atoms with Crippen LogP contribution in [0.3, 0.4) is 0 Å². The normalized spacial score (nSPS) is 19.5. The molecule has 72 valence electrons. The van der Waals surface area contributed by atoms with E-state index in [4.69, 9.17) is 10.5 Å². The van der Waals surface area contributed by atoms with E-state index in [2.05, 4.69) is 29.2 Å². The van der Waals surface area contributed by atoms with Gasteiger partial charge in [0.1, 0.15) is 0 Å². The molecular weight excluding hydrogens is 176 g/mol. The van der Waals surface area contributed by atoms with Gasteiger partial charge in [0.05, 0.1) is 18.8 Å². The minimum Gasteiger partial charge on any atom is -0.377 e. The Labute approximate surface area is 81.9 Å². The summed E-state index contributed by atoms with van der Waals surface area (Å²) < 4.78 is 5.15. The van der Waals surface area contributed by atoms with Crippen molar-refractivity contribution in [1.29, 1.82) is 0 Å². The van der Waals surface area contributed by atoms with Crippen molar-refractivity contribution >= 4 is 10.9 Å². The molecule has 0 amide bonds. The molecule has 1 fully saturated rings. The van der Waals surface area contributed by atoms with Crippen LogP contribution in [0.2, 0.25) is 0 Å². The summed E-state index contributed by atoms with van der Waals surface area (Å²) in [6.45, 7) is 1.25. The summed E-state index contributed by atoms with van der Waals surface area (Å²) in [4.78, 5) is 3.18. The Morgan fingerprint density at radius 3 is 2.86 bits per heavy atom. The van der Waals surface area contributed by atoms with Crippen molar-refractivity contribution in [3.05, 3.63) is 36.0 Å². The summed E-state index contributed by atoms with van der Waals surface area (Å²) in [6, 6.07) is 8.34. The van der Waals surface area contributed by atoms with Gasteiger partial charge in [0.2, 0.25) is 0 Å². The van der Waals surface area contributed by atoms with Gasteiger partial charge in [-0.25, -0.2) is 0 Å². The van der Waals surface area contributed by atoms with Gasteiger partial charge in [-0.15, -0.1) is 0 Å². The van der Waals surface area contributed by atoms with Gasteiger partial charge in [0.15, 0.2) is 0 Å². The van der Waals surface area contributed by atoms with E-state index in [1.165, 1.54) is 5.39 Å². The lowest BCUT2D eigenvalue weighted by molar-refractivity contribution is -0.0568. The molecule has 0 bridgehead atoms. The Bertz CT molecular complexity index is 471. The molecule has 14 heavy (non-hydrogen) atoms. The highest BCUT2D eigenvalue weighted by Gasteiger charge is 2.35. The largest absolute Gasteiger partial charge is 0.377 e. The second-order valence-electron chi connectivity index (χ2n) is 3.93. The molecule has 1 aromatic carbocycles. The van der Waals surface area contributed by atoms with E-state index in [1.807, 2.05) is 6.20 Å². The van der Waals surface area contributed by atoms with E-state index in [0.29, 0.717) is 13.2 Å². The first-order valence-electron chi connectivity index (χ1n) is 4.72. The zero-order valence-corrected chi connectivity index (χ0v) is 7.79. The molecule has 2 heterocycles. The van der Waals surface area contributed by atoms with Crippen molar-refractivity contribution in [2.75, 3.05) is 13.2 Å². The first kappa shape index (κ1) is 8.03. The minimum atomic E-state index is -0.265. The van der Waals surface area contributed by atoms with Crippen molar-refractivity contribution in [1.82, 2.24) is 4.98 Å². The summed E-state index contributed by atoms with van der Waals surface area (Å²) in [5.74, 6) is 0. The molecule has 1 aliphatic heterocycles. The Kier molecular flexibility index (Phi) is 1.48. The fourth-order valence-electron chi connectivity index (χ4n) is 1.85. The molecule has 0 atom stereocenters. The fraction of sp³-hybridized carbons (Fsp3) is 0.273. The maximum atomic E-state index is 6.15. The lowest BCUT2D eigenvalue weighted by Crippen LogP contribution is -2.54. The molecule has 1 aromatic heterocycles. The number of hydrogen-bond donors (Lipinski definition) is 2. The number of aromatic amines is 1. The summed E-state index contributed by atoms with van der Waals surface area (Å²) in [6.07, 6.45) is 1.94. The number of nitrogens with one attached hydrogen (secondary N) is 1. The SMILES string of the molecule is NC1(c2ccc3cc[nH]c3c2)COC1. The monoisotopic (exact) mass is 188 g/mol. The fourth-order valence-corrected chi connectivity index (χ4v) is 1.85. The molecule has 3 N–H and O–H groups in total. The van der Waals surface area contributed by atoms with Gasteiger partial charge in [-0.05, 0) is 23.1 Å². The van der Waals surface area contributed by atoms with Crippen LogP contribution >= 0.6 is 0 Å². The quantitative estimate of drug-likeness (QED) is 0.709. The van der Waals surface area contributed by atoms with Gasteiger partial charge in [0, 0.05) is 11.7 Å². The highest BCUT2D eigenvalue weighted by Crippen LogP contribution is 2.28. The van der Waals surface area contributed by atoms with Crippen molar-refractivity contribution in [3.8, 4) is 0 Å². The average molecular weight is 188 g/mol. The van der Waals surface area contributed by atoms with Gasteiger partial charge in [0.25, 0.3) is 0 Å². The molecule has 0 saturated carbocycles. The molecule has 3 nitrogen and oxygen atoms in total. The second kappa shape index (κ2) is 2.59. The maximum Gasteiger partial charge on any atom is 0.0884 e. The van der Waals surface area contributed by atoms with Gasteiger partial charge in [-0.1, -0.05) is 12.1 Å². The molecule has 0 radical (unpaired) electrons. The Morgan fingerprint density at radius 2 is 2.14 bits per heavy atom. The molecular formula is C11H12N2O. The third-order valence-electron chi connectivity index (χ3n) is 2.85. The number of fused-ring (bicyclic) bond motifs is 1. The van der Waals surface area contributed by atoms with Crippen LogP contribution in [0.25, 0.3) is 10.9 Å². The molecule has 0 unspecified atom stereocenters. The van der Waals surface area contributed by atoms with Crippen LogP contribution in [-0.2, 0) is 10.3 Å². The number of benzene rings is 1. The summed E-state index contributed by atoms with van der Waals surface area (Å²) in [5.41, 5.74) is 8.17. The van der Waals surface area contributed by atoms with E-state index < -0.39 is 0 Å². The van der Waals surface area contributed by atoms with Gasteiger partial charge >= 0.3 is 0 Å². The van der Waals surface area contributed by atoms with Crippen LogP contribution in [-0.4, -0.2) is 18.2 Å². The molecule has 1 saturated heterocycles. The summed E-state index contributed by atoms with van der Waals surface area (Å²) in [7, 11) is 0. The number of hydrogen-bond acceptors (Lipinski definition) is 2. The zero-order chi connectivity index (χ0) is 9.60. The molecule has 1 aliphatic rings. The van der Waals surface area contributed by atoms with E-state index in [9.17, 15) is 0 Å². The minimum absolute atomic E-state index is 0.265. The van der Waals surface area contributed by atoms with Crippen LogP contribution in [0.5, 0.6) is 0 Å². The number of rotatable bonds is 1. The highest BCUT2D eigenvalue weighted by atomic mass is 16.5. The Hall–Kier alpha value is -1.32.